The average Bonchev–Trinajstić information content (AvgIpc) is 3.22. The molecule has 0 atom stereocenters. The Bertz CT molecular complexity index is 2260. The van der Waals surface area contributed by atoms with Crippen LogP contribution in [0.4, 0.5) is 17.1 Å². The van der Waals surface area contributed by atoms with Crippen LogP contribution < -0.4 is 4.90 Å². The summed E-state index contributed by atoms with van der Waals surface area (Å²) in [7, 11) is 0. The molecule has 0 radical (unpaired) electrons. The molecule has 0 heterocycles. The number of aryl methyl sites for hydroxylation is 1. The fourth-order valence-corrected chi connectivity index (χ4v) is 8.74. The smallest absolute Gasteiger partial charge is 0.0546 e. The van der Waals surface area contributed by atoms with Gasteiger partial charge >= 0.3 is 0 Å². The third-order valence-corrected chi connectivity index (χ3v) is 11.7. The largest absolute Gasteiger partial charge is 0.310 e. The molecule has 0 aliphatic heterocycles. The van der Waals surface area contributed by atoms with Crippen molar-refractivity contribution < 1.29 is 0 Å². The molecule has 3 aliphatic rings. The first-order chi connectivity index (χ1) is 26.7. The van der Waals surface area contributed by atoms with E-state index in [2.05, 4.69) is 170 Å². The van der Waals surface area contributed by atoms with Crippen molar-refractivity contribution >= 4 is 40.9 Å². The van der Waals surface area contributed by atoms with Crippen LogP contribution in [-0.4, -0.2) is 0 Å². The summed E-state index contributed by atoms with van der Waals surface area (Å²) in [5.41, 5.74) is 20.8. The van der Waals surface area contributed by atoms with Crippen LogP contribution in [0.25, 0.3) is 46.1 Å². The Labute approximate surface area is 322 Å². The van der Waals surface area contributed by atoms with Crippen molar-refractivity contribution in [3.63, 3.8) is 0 Å². The topological polar surface area (TPSA) is 3.24 Å². The number of allylic oxidation sites excluding steroid dienone is 2. The van der Waals surface area contributed by atoms with E-state index < -0.39 is 0 Å². The van der Waals surface area contributed by atoms with Crippen LogP contribution >= 0.6 is 0 Å². The normalized spacial score (nSPS) is 14.7. The Morgan fingerprint density at radius 3 is 1.48 bits per heavy atom. The zero-order valence-electron chi connectivity index (χ0n) is 31.5. The Balaban J connectivity index is 1.08. The van der Waals surface area contributed by atoms with Gasteiger partial charge in [0.25, 0.3) is 0 Å². The molecular weight excluding hydrogens is 651 g/mol. The highest BCUT2D eigenvalue weighted by molar-refractivity contribution is 6.09. The SMILES string of the molecule is Cc1ccc(N(c2ccc(C=C(c3ccc(C=C4CCCCC4)cc3)c3ccc(C=C4CCCCC4)cc3)cc2)c2cccc3c2-c2ccccc2-3)cc1. The fourth-order valence-electron chi connectivity index (χ4n) is 8.74. The van der Waals surface area contributed by atoms with Gasteiger partial charge in [-0.05, 0) is 145 Å². The van der Waals surface area contributed by atoms with Gasteiger partial charge in [-0.3, -0.25) is 0 Å². The Morgan fingerprint density at radius 1 is 0.444 bits per heavy atom. The highest BCUT2D eigenvalue weighted by Crippen LogP contribution is 2.54. The molecule has 3 aliphatic carbocycles. The van der Waals surface area contributed by atoms with Crippen LogP contribution in [0.1, 0.15) is 97.6 Å². The van der Waals surface area contributed by atoms with E-state index in [9.17, 15) is 0 Å². The summed E-state index contributed by atoms with van der Waals surface area (Å²) in [4.78, 5) is 2.42. The number of anilines is 3. The molecule has 0 aromatic heterocycles. The molecule has 0 saturated heterocycles. The predicted octanol–water partition coefficient (Wildman–Crippen LogP) is 15.4. The first-order valence-electron chi connectivity index (χ1n) is 20.2. The van der Waals surface area contributed by atoms with Crippen molar-refractivity contribution in [1.29, 1.82) is 0 Å². The lowest BCUT2D eigenvalue weighted by Gasteiger charge is -2.33. The van der Waals surface area contributed by atoms with E-state index in [-0.39, 0.29) is 0 Å². The number of fused-ring (bicyclic) bond motifs is 4. The van der Waals surface area contributed by atoms with E-state index in [1.165, 1.54) is 131 Å². The van der Waals surface area contributed by atoms with Gasteiger partial charge in [-0.15, -0.1) is 0 Å². The average molecular weight is 700 g/mol. The van der Waals surface area contributed by atoms with Crippen LogP contribution in [-0.2, 0) is 0 Å². The molecule has 6 aromatic carbocycles. The van der Waals surface area contributed by atoms with Gasteiger partial charge in [0, 0.05) is 16.9 Å². The van der Waals surface area contributed by atoms with Crippen LogP contribution in [0.15, 0.2) is 151 Å². The molecule has 0 spiro atoms. The molecule has 2 fully saturated rings. The number of benzene rings is 6. The monoisotopic (exact) mass is 699 g/mol. The van der Waals surface area contributed by atoms with Crippen molar-refractivity contribution in [2.75, 3.05) is 4.90 Å². The third kappa shape index (κ3) is 7.16. The minimum atomic E-state index is 1.15. The van der Waals surface area contributed by atoms with E-state index in [0.717, 1.165) is 11.4 Å². The molecule has 6 aromatic rings. The molecule has 1 heteroatoms. The molecule has 0 unspecified atom stereocenters. The number of hydrogen-bond donors (Lipinski definition) is 0. The van der Waals surface area contributed by atoms with Crippen LogP contribution in [0.5, 0.6) is 0 Å². The molecule has 9 rings (SSSR count). The number of nitrogens with zero attached hydrogens (tertiary/aromatic N) is 1. The minimum absolute atomic E-state index is 1.15. The lowest BCUT2D eigenvalue weighted by molar-refractivity contribution is 0.602. The highest BCUT2D eigenvalue weighted by Gasteiger charge is 2.28. The summed E-state index contributed by atoms with van der Waals surface area (Å²) in [5.74, 6) is 0. The van der Waals surface area contributed by atoms with E-state index in [0.29, 0.717) is 0 Å². The second-order valence-corrected chi connectivity index (χ2v) is 15.5. The first-order valence-corrected chi connectivity index (χ1v) is 20.2. The van der Waals surface area contributed by atoms with Gasteiger partial charge in [0.1, 0.15) is 0 Å². The zero-order valence-corrected chi connectivity index (χ0v) is 31.5. The van der Waals surface area contributed by atoms with Gasteiger partial charge in [-0.25, -0.2) is 0 Å². The van der Waals surface area contributed by atoms with Gasteiger partial charge in [0.05, 0.1) is 5.69 Å². The third-order valence-electron chi connectivity index (χ3n) is 11.7. The maximum absolute atomic E-state index is 2.43. The van der Waals surface area contributed by atoms with E-state index >= 15 is 0 Å². The summed E-state index contributed by atoms with van der Waals surface area (Å²) in [6, 6.07) is 52.0. The Hall–Kier alpha value is -5.66. The van der Waals surface area contributed by atoms with Crippen LogP contribution in [0.3, 0.4) is 0 Å². The van der Waals surface area contributed by atoms with Crippen molar-refractivity contribution in [1.82, 2.24) is 0 Å². The van der Waals surface area contributed by atoms with E-state index in [1.807, 2.05) is 0 Å². The maximum atomic E-state index is 2.43. The van der Waals surface area contributed by atoms with Crippen molar-refractivity contribution in [3.05, 3.63) is 184 Å². The van der Waals surface area contributed by atoms with Gasteiger partial charge < -0.3 is 4.90 Å². The summed E-state index contributed by atoms with van der Waals surface area (Å²) in [6.07, 6.45) is 20.2. The van der Waals surface area contributed by atoms with Crippen LogP contribution in [0.2, 0.25) is 0 Å². The highest BCUT2D eigenvalue weighted by atomic mass is 15.1. The van der Waals surface area contributed by atoms with Gasteiger partial charge in [0.15, 0.2) is 0 Å². The Kier molecular flexibility index (Phi) is 9.71. The number of rotatable bonds is 8. The standard InChI is InChI=1S/C53H49N/c1-38-19-31-46(32-20-38)54(52-18-10-17-50-48-15-8-9-16-49(48)53(50)52)47-33-25-43(26-34-47)37-51(44-27-21-41(22-28-44)35-39-11-4-2-5-12-39)45-29-23-42(24-30-45)36-40-13-6-3-7-14-40/h8-10,15-37H,2-7,11-14H2,1H3. The predicted molar refractivity (Wildman–Crippen MR) is 232 cm³/mol. The maximum Gasteiger partial charge on any atom is 0.0546 e. The molecule has 54 heavy (non-hydrogen) atoms. The quantitative estimate of drug-likeness (QED) is 0.143. The second kappa shape index (κ2) is 15.4. The summed E-state index contributed by atoms with van der Waals surface area (Å²) >= 11 is 0. The summed E-state index contributed by atoms with van der Waals surface area (Å²) in [6.45, 7) is 2.15. The lowest BCUT2D eigenvalue weighted by Crippen LogP contribution is -2.14. The van der Waals surface area contributed by atoms with E-state index in [4.69, 9.17) is 0 Å². The molecule has 0 bridgehead atoms. The molecular formula is C53H49N. The molecule has 2 saturated carbocycles. The van der Waals surface area contributed by atoms with Crippen molar-refractivity contribution in [2.45, 2.75) is 71.1 Å². The summed E-state index contributed by atoms with van der Waals surface area (Å²) < 4.78 is 0. The molecule has 266 valence electrons. The van der Waals surface area contributed by atoms with E-state index in [1.54, 1.807) is 11.1 Å². The van der Waals surface area contributed by atoms with Crippen LogP contribution in [0, 0.1) is 6.92 Å². The summed E-state index contributed by atoms with van der Waals surface area (Å²) in [5, 5.41) is 0. The second-order valence-electron chi connectivity index (χ2n) is 15.5. The lowest BCUT2D eigenvalue weighted by atomic mass is 9.79. The van der Waals surface area contributed by atoms with Gasteiger partial charge in [0.2, 0.25) is 0 Å². The van der Waals surface area contributed by atoms with Gasteiger partial charge in [-0.2, -0.15) is 0 Å². The minimum Gasteiger partial charge on any atom is -0.310 e. The molecule has 0 amide bonds. The first kappa shape index (κ1) is 34.1. The van der Waals surface area contributed by atoms with Crippen molar-refractivity contribution in [2.24, 2.45) is 0 Å². The Morgan fingerprint density at radius 2 is 0.926 bits per heavy atom. The molecule has 0 N–H and O–H groups in total. The molecule has 1 nitrogen and oxygen atoms in total. The fraction of sp³-hybridized carbons (Fsp3) is 0.208. The number of hydrogen-bond acceptors (Lipinski definition) is 1. The van der Waals surface area contributed by atoms with Gasteiger partial charge in [-0.1, -0.05) is 151 Å². The van der Waals surface area contributed by atoms with Crippen molar-refractivity contribution in [3.8, 4) is 22.3 Å². The zero-order chi connectivity index (χ0) is 36.3.